The van der Waals surface area contributed by atoms with Crippen molar-refractivity contribution in [2.24, 2.45) is 11.8 Å². The van der Waals surface area contributed by atoms with E-state index in [4.69, 9.17) is 23.2 Å². The number of nitrogens with zero attached hydrogens (tertiary/aromatic N) is 1. The van der Waals surface area contributed by atoms with Gasteiger partial charge in [0.05, 0.1) is 10.0 Å². The van der Waals surface area contributed by atoms with Crippen LogP contribution in [-0.4, -0.2) is 30.4 Å². The van der Waals surface area contributed by atoms with Crippen molar-refractivity contribution in [2.75, 3.05) is 19.6 Å². The first kappa shape index (κ1) is 19.0. The van der Waals surface area contributed by atoms with Crippen molar-refractivity contribution in [2.45, 2.75) is 51.5 Å². The van der Waals surface area contributed by atoms with Gasteiger partial charge in [0, 0.05) is 19.0 Å². The van der Waals surface area contributed by atoms with Crippen LogP contribution in [0.2, 0.25) is 10.0 Å². The fourth-order valence-electron chi connectivity index (χ4n) is 4.03. The molecule has 0 radical (unpaired) electrons. The number of hydrogen-bond acceptors (Lipinski definition) is 2. The number of rotatable bonds is 5. The summed E-state index contributed by atoms with van der Waals surface area (Å²) in [6, 6.07) is 5.81. The number of amides is 1. The Morgan fingerprint density at radius 2 is 1.76 bits per heavy atom. The zero-order chi connectivity index (χ0) is 17.6. The minimum Gasteiger partial charge on any atom is -0.356 e. The minimum atomic E-state index is 0.175. The van der Waals surface area contributed by atoms with Gasteiger partial charge in [-0.25, -0.2) is 0 Å². The Balaban J connectivity index is 1.40. The summed E-state index contributed by atoms with van der Waals surface area (Å²) in [6.45, 7) is 3.67. The standard InChI is InChI=1S/C20H28Cl2N2O/c21-18-7-6-16(12-19(18)22)14-24-10-8-17(9-11-24)20(25)23-13-15-4-2-1-3-5-15/h6-7,12,15,17H,1-5,8-11,13-14H2,(H,23,25). The number of halogens is 2. The summed E-state index contributed by atoms with van der Waals surface area (Å²) in [5, 5.41) is 4.41. The van der Waals surface area contributed by atoms with Gasteiger partial charge in [-0.1, -0.05) is 48.5 Å². The van der Waals surface area contributed by atoms with Crippen molar-refractivity contribution in [1.29, 1.82) is 0 Å². The van der Waals surface area contributed by atoms with Crippen molar-refractivity contribution in [1.82, 2.24) is 10.2 Å². The monoisotopic (exact) mass is 382 g/mol. The first-order chi connectivity index (χ1) is 12.1. The summed E-state index contributed by atoms with van der Waals surface area (Å²) < 4.78 is 0. The maximum atomic E-state index is 12.4. The van der Waals surface area contributed by atoms with Crippen LogP contribution in [0.1, 0.15) is 50.5 Å². The van der Waals surface area contributed by atoms with E-state index in [-0.39, 0.29) is 11.8 Å². The second-order valence-corrected chi connectivity index (χ2v) is 8.36. The molecule has 1 aliphatic heterocycles. The largest absolute Gasteiger partial charge is 0.356 e. The summed E-state index contributed by atoms with van der Waals surface area (Å²) in [7, 11) is 0. The molecule has 1 aromatic carbocycles. The van der Waals surface area contributed by atoms with Gasteiger partial charge in [0.15, 0.2) is 0 Å². The van der Waals surface area contributed by atoms with Gasteiger partial charge < -0.3 is 5.32 Å². The first-order valence-corrected chi connectivity index (χ1v) is 10.3. The Morgan fingerprint density at radius 1 is 1.04 bits per heavy atom. The van der Waals surface area contributed by atoms with Crippen molar-refractivity contribution in [3.63, 3.8) is 0 Å². The molecule has 0 spiro atoms. The lowest BCUT2D eigenvalue weighted by Gasteiger charge is -2.32. The van der Waals surface area contributed by atoms with Crippen LogP contribution in [0, 0.1) is 11.8 Å². The number of hydrogen-bond donors (Lipinski definition) is 1. The summed E-state index contributed by atoms with van der Waals surface area (Å²) in [5.41, 5.74) is 1.18. The average Bonchev–Trinajstić information content (AvgIpc) is 2.64. The zero-order valence-corrected chi connectivity index (χ0v) is 16.3. The Bertz CT molecular complexity index is 579. The molecule has 138 valence electrons. The number of carbonyl (C=O) groups excluding carboxylic acids is 1. The van der Waals surface area contributed by atoms with E-state index >= 15 is 0 Å². The fourth-order valence-corrected chi connectivity index (χ4v) is 4.35. The van der Waals surface area contributed by atoms with E-state index in [1.165, 1.54) is 37.7 Å². The molecule has 1 N–H and O–H groups in total. The van der Waals surface area contributed by atoms with Gasteiger partial charge in [-0.2, -0.15) is 0 Å². The average molecular weight is 383 g/mol. The molecule has 1 aliphatic carbocycles. The molecule has 1 heterocycles. The Hall–Kier alpha value is -0.770. The van der Waals surface area contributed by atoms with E-state index in [0.717, 1.165) is 39.0 Å². The minimum absolute atomic E-state index is 0.175. The Kier molecular flexibility index (Phi) is 7.03. The molecule has 2 aliphatic rings. The van der Waals surface area contributed by atoms with Gasteiger partial charge in [0.1, 0.15) is 0 Å². The number of nitrogens with one attached hydrogen (secondary N) is 1. The van der Waals surface area contributed by atoms with E-state index in [1.807, 2.05) is 18.2 Å². The highest BCUT2D eigenvalue weighted by molar-refractivity contribution is 6.42. The van der Waals surface area contributed by atoms with Crippen LogP contribution in [0.25, 0.3) is 0 Å². The molecule has 25 heavy (non-hydrogen) atoms. The van der Waals surface area contributed by atoms with Crippen LogP contribution in [0.15, 0.2) is 18.2 Å². The Labute approximate surface area is 161 Å². The SMILES string of the molecule is O=C(NCC1CCCCC1)C1CCN(Cc2ccc(Cl)c(Cl)c2)CC1. The van der Waals surface area contributed by atoms with Crippen LogP contribution in [0.3, 0.4) is 0 Å². The summed E-state index contributed by atoms with van der Waals surface area (Å²) in [5.74, 6) is 1.14. The van der Waals surface area contributed by atoms with Crippen LogP contribution in [-0.2, 0) is 11.3 Å². The molecular formula is C20H28Cl2N2O. The van der Waals surface area contributed by atoms with Gasteiger partial charge in [0.25, 0.3) is 0 Å². The van der Waals surface area contributed by atoms with Crippen molar-refractivity contribution in [3.05, 3.63) is 33.8 Å². The van der Waals surface area contributed by atoms with Gasteiger partial charge in [0.2, 0.25) is 5.91 Å². The van der Waals surface area contributed by atoms with Gasteiger partial charge in [-0.15, -0.1) is 0 Å². The zero-order valence-electron chi connectivity index (χ0n) is 14.8. The summed E-state index contributed by atoms with van der Waals surface area (Å²) >= 11 is 12.1. The van der Waals surface area contributed by atoms with E-state index in [1.54, 1.807) is 0 Å². The van der Waals surface area contributed by atoms with Crippen molar-refractivity contribution < 1.29 is 4.79 Å². The molecule has 1 saturated heterocycles. The lowest BCUT2D eigenvalue weighted by atomic mass is 9.89. The van der Waals surface area contributed by atoms with Crippen LogP contribution in [0.4, 0.5) is 0 Å². The van der Waals surface area contributed by atoms with E-state index in [2.05, 4.69) is 10.2 Å². The topological polar surface area (TPSA) is 32.3 Å². The van der Waals surface area contributed by atoms with Crippen molar-refractivity contribution in [3.8, 4) is 0 Å². The Morgan fingerprint density at radius 3 is 2.44 bits per heavy atom. The fraction of sp³-hybridized carbons (Fsp3) is 0.650. The molecule has 0 atom stereocenters. The van der Waals surface area contributed by atoms with Crippen LogP contribution < -0.4 is 5.32 Å². The quantitative estimate of drug-likeness (QED) is 0.784. The third-order valence-corrected chi connectivity index (χ3v) is 6.38. The third-order valence-electron chi connectivity index (χ3n) is 5.64. The molecule has 0 unspecified atom stereocenters. The molecule has 3 rings (SSSR count). The lowest BCUT2D eigenvalue weighted by Crippen LogP contribution is -2.41. The predicted molar refractivity (Wildman–Crippen MR) is 104 cm³/mol. The highest BCUT2D eigenvalue weighted by Crippen LogP contribution is 2.26. The number of carbonyl (C=O) groups is 1. The second-order valence-electron chi connectivity index (χ2n) is 7.55. The lowest BCUT2D eigenvalue weighted by molar-refractivity contribution is -0.126. The van der Waals surface area contributed by atoms with E-state index in [9.17, 15) is 4.79 Å². The molecule has 5 heteroatoms. The summed E-state index contributed by atoms with van der Waals surface area (Å²) in [6.07, 6.45) is 8.46. The predicted octanol–water partition coefficient (Wildman–Crippen LogP) is 4.90. The van der Waals surface area contributed by atoms with E-state index in [0.29, 0.717) is 16.0 Å². The second kappa shape index (κ2) is 9.25. The number of piperidine rings is 1. The van der Waals surface area contributed by atoms with Gasteiger partial charge >= 0.3 is 0 Å². The third kappa shape index (κ3) is 5.60. The molecule has 1 amide bonds. The smallest absolute Gasteiger partial charge is 0.223 e. The van der Waals surface area contributed by atoms with E-state index < -0.39 is 0 Å². The first-order valence-electron chi connectivity index (χ1n) is 9.56. The maximum absolute atomic E-state index is 12.4. The molecule has 1 aromatic rings. The highest BCUT2D eigenvalue weighted by Gasteiger charge is 2.25. The molecule has 2 fully saturated rings. The normalized spacial score (nSPS) is 20.6. The molecule has 0 aromatic heterocycles. The van der Waals surface area contributed by atoms with Crippen LogP contribution >= 0.6 is 23.2 Å². The summed E-state index contributed by atoms with van der Waals surface area (Å²) in [4.78, 5) is 14.8. The number of likely N-dealkylation sites (tertiary alicyclic amines) is 1. The van der Waals surface area contributed by atoms with Crippen molar-refractivity contribution >= 4 is 29.1 Å². The van der Waals surface area contributed by atoms with Gasteiger partial charge in [-0.05, 0) is 62.4 Å². The molecule has 1 saturated carbocycles. The van der Waals surface area contributed by atoms with Crippen LogP contribution in [0.5, 0.6) is 0 Å². The van der Waals surface area contributed by atoms with Gasteiger partial charge in [-0.3, -0.25) is 9.69 Å². The maximum Gasteiger partial charge on any atom is 0.223 e. The highest BCUT2D eigenvalue weighted by atomic mass is 35.5. The molecule has 3 nitrogen and oxygen atoms in total. The molecule has 0 bridgehead atoms. The molecular weight excluding hydrogens is 355 g/mol. The number of benzene rings is 1.